The van der Waals surface area contributed by atoms with Crippen LogP contribution in [0.1, 0.15) is 27.7 Å². The largest absolute Gasteiger partial charge is 0.473 e. The van der Waals surface area contributed by atoms with Crippen molar-refractivity contribution in [2.75, 3.05) is 25.1 Å². The molecule has 1 aromatic rings. The molecule has 1 heterocycles. The number of ether oxygens (including phenoxy) is 2. The van der Waals surface area contributed by atoms with Gasteiger partial charge in [-0.15, -0.1) is 0 Å². The number of nitrogens with zero attached hydrogens (tertiary/aromatic N) is 1. The number of anilines is 1. The first-order chi connectivity index (χ1) is 8.83. The van der Waals surface area contributed by atoms with Gasteiger partial charge in [0.15, 0.2) is 17.5 Å². The maximum atomic E-state index is 13.4. The normalized spacial score (nSPS) is 11.5. The highest BCUT2D eigenvalue weighted by atomic mass is 19.1. The molecule has 0 aromatic carbocycles. The van der Waals surface area contributed by atoms with Crippen LogP contribution in [0, 0.1) is 11.6 Å². The summed E-state index contributed by atoms with van der Waals surface area (Å²) in [5.74, 6) is -1.81. The van der Waals surface area contributed by atoms with Crippen molar-refractivity contribution in [1.82, 2.24) is 4.98 Å². The predicted octanol–water partition coefficient (Wildman–Crippen LogP) is 2.99. The van der Waals surface area contributed by atoms with Crippen molar-refractivity contribution in [2.45, 2.75) is 33.3 Å². The monoisotopic (exact) mass is 274 g/mol. The van der Waals surface area contributed by atoms with E-state index in [0.29, 0.717) is 13.2 Å². The van der Waals surface area contributed by atoms with Gasteiger partial charge in [-0.1, -0.05) is 0 Å². The third-order valence-corrected chi connectivity index (χ3v) is 2.10. The summed E-state index contributed by atoms with van der Waals surface area (Å²) in [6, 6.07) is 0.755. The first-order valence-corrected chi connectivity index (χ1v) is 6.20. The third-order valence-electron chi connectivity index (χ3n) is 2.10. The highest BCUT2D eigenvalue weighted by Crippen LogP contribution is 2.20. The molecule has 0 fully saturated rings. The van der Waals surface area contributed by atoms with Gasteiger partial charge in [0.1, 0.15) is 6.61 Å². The van der Waals surface area contributed by atoms with E-state index in [0.717, 1.165) is 6.07 Å². The molecule has 0 saturated carbocycles. The Labute approximate surface area is 112 Å². The van der Waals surface area contributed by atoms with E-state index < -0.39 is 11.6 Å². The van der Waals surface area contributed by atoms with Crippen LogP contribution in [0.15, 0.2) is 6.07 Å². The summed E-state index contributed by atoms with van der Waals surface area (Å²) in [4.78, 5) is 3.76. The minimum Gasteiger partial charge on any atom is -0.473 e. The second-order valence-electron chi connectivity index (χ2n) is 4.95. The molecule has 4 nitrogen and oxygen atoms in total. The van der Waals surface area contributed by atoms with Gasteiger partial charge in [-0.2, -0.15) is 4.98 Å². The molecule has 0 aliphatic carbocycles. The van der Waals surface area contributed by atoms with Crippen LogP contribution in [0.3, 0.4) is 0 Å². The minimum absolute atomic E-state index is 0.0179. The first-order valence-electron chi connectivity index (χ1n) is 6.20. The SMILES string of the molecule is CCNc1nc(OCCOC(C)(C)C)c(F)cc1F. The lowest BCUT2D eigenvalue weighted by molar-refractivity contribution is -0.0172. The first kappa shape index (κ1) is 15.6. The molecule has 0 atom stereocenters. The van der Waals surface area contributed by atoms with Crippen LogP contribution in [0.25, 0.3) is 0 Å². The highest BCUT2D eigenvalue weighted by Gasteiger charge is 2.13. The van der Waals surface area contributed by atoms with Crippen LogP contribution in [0.5, 0.6) is 5.88 Å². The molecular weight excluding hydrogens is 254 g/mol. The van der Waals surface area contributed by atoms with Gasteiger partial charge in [-0.25, -0.2) is 8.78 Å². The Hall–Kier alpha value is -1.43. The van der Waals surface area contributed by atoms with Gasteiger partial charge in [0.25, 0.3) is 5.88 Å². The van der Waals surface area contributed by atoms with E-state index in [-0.39, 0.29) is 23.9 Å². The molecule has 0 spiro atoms. The Bertz CT molecular complexity index is 420. The van der Waals surface area contributed by atoms with Crippen LogP contribution in [-0.4, -0.2) is 30.3 Å². The minimum atomic E-state index is -0.824. The summed E-state index contributed by atoms with van der Waals surface area (Å²) in [5.41, 5.74) is -0.285. The summed E-state index contributed by atoms with van der Waals surface area (Å²) in [6.45, 7) is 8.47. The van der Waals surface area contributed by atoms with Gasteiger partial charge < -0.3 is 14.8 Å². The second-order valence-corrected chi connectivity index (χ2v) is 4.95. The Kier molecular flexibility index (Phi) is 5.47. The molecule has 1 aromatic heterocycles. The molecular formula is C13H20F2N2O2. The zero-order chi connectivity index (χ0) is 14.5. The Morgan fingerprint density at radius 2 is 1.89 bits per heavy atom. The Morgan fingerprint density at radius 1 is 1.21 bits per heavy atom. The summed E-state index contributed by atoms with van der Waals surface area (Å²) in [6.07, 6.45) is 0. The van der Waals surface area contributed by atoms with Crippen LogP contribution < -0.4 is 10.1 Å². The molecule has 0 aliphatic rings. The molecule has 0 unspecified atom stereocenters. The van der Waals surface area contributed by atoms with Crippen molar-refractivity contribution in [2.24, 2.45) is 0 Å². The number of rotatable bonds is 6. The van der Waals surface area contributed by atoms with Crippen molar-refractivity contribution in [1.29, 1.82) is 0 Å². The van der Waals surface area contributed by atoms with Gasteiger partial charge in [0.2, 0.25) is 0 Å². The fourth-order valence-corrected chi connectivity index (χ4v) is 1.33. The van der Waals surface area contributed by atoms with E-state index >= 15 is 0 Å². The molecule has 0 radical (unpaired) electrons. The lowest BCUT2D eigenvalue weighted by atomic mass is 10.2. The van der Waals surface area contributed by atoms with Gasteiger partial charge >= 0.3 is 0 Å². The van der Waals surface area contributed by atoms with Crippen molar-refractivity contribution in [3.8, 4) is 5.88 Å². The molecule has 0 bridgehead atoms. The van der Waals surface area contributed by atoms with Gasteiger partial charge in [-0.05, 0) is 27.7 Å². The Balaban J connectivity index is 2.60. The van der Waals surface area contributed by atoms with E-state index in [1.165, 1.54) is 0 Å². The van der Waals surface area contributed by atoms with Crippen molar-refractivity contribution in [3.05, 3.63) is 17.7 Å². The second kappa shape index (κ2) is 6.65. The molecule has 0 amide bonds. The molecule has 0 saturated heterocycles. The average Bonchev–Trinajstić information content (AvgIpc) is 2.28. The van der Waals surface area contributed by atoms with E-state index in [2.05, 4.69) is 10.3 Å². The van der Waals surface area contributed by atoms with Crippen LogP contribution in [0.4, 0.5) is 14.6 Å². The number of halogens is 2. The van der Waals surface area contributed by atoms with E-state index in [9.17, 15) is 8.78 Å². The average molecular weight is 274 g/mol. The topological polar surface area (TPSA) is 43.4 Å². The number of aromatic nitrogens is 1. The van der Waals surface area contributed by atoms with E-state index in [1.54, 1.807) is 6.92 Å². The summed E-state index contributed by atoms with van der Waals surface area (Å²) in [7, 11) is 0. The summed E-state index contributed by atoms with van der Waals surface area (Å²) >= 11 is 0. The molecule has 19 heavy (non-hydrogen) atoms. The lowest BCUT2D eigenvalue weighted by Gasteiger charge is -2.19. The molecule has 0 aliphatic heterocycles. The summed E-state index contributed by atoms with van der Waals surface area (Å²) in [5, 5.41) is 2.69. The number of pyridine rings is 1. The quantitative estimate of drug-likeness (QED) is 0.810. The number of hydrogen-bond acceptors (Lipinski definition) is 4. The molecule has 1 rings (SSSR count). The van der Waals surface area contributed by atoms with Gasteiger partial charge in [0.05, 0.1) is 12.2 Å². The van der Waals surface area contributed by atoms with E-state index in [1.807, 2.05) is 20.8 Å². The fourth-order valence-electron chi connectivity index (χ4n) is 1.33. The van der Waals surface area contributed by atoms with Crippen LogP contribution >= 0.6 is 0 Å². The predicted molar refractivity (Wildman–Crippen MR) is 69.5 cm³/mol. The van der Waals surface area contributed by atoms with Crippen molar-refractivity contribution in [3.63, 3.8) is 0 Å². The zero-order valence-corrected chi connectivity index (χ0v) is 11.7. The molecule has 1 N–H and O–H groups in total. The van der Waals surface area contributed by atoms with E-state index in [4.69, 9.17) is 9.47 Å². The fraction of sp³-hybridized carbons (Fsp3) is 0.615. The van der Waals surface area contributed by atoms with Gasteiger partial charge in [-0.3, -0.25) is 0 Å². The lowest BCUT2D eigenvalue weighted by Crippen LogP contribution is -2.22. The van der Waals surface area contributed by atoms with Crippen molar-refractivity contribution < 1.29 is 18.3 Å². The standard InChI is InChI=1S/C13H20F2N2O2/c1-5-16-11-9(14)8-10(15)12(17-11)18-6-7-19-13(2,3)4/h8H,5-7H2,1-4H3,(H,16,17). The van der Waals surface area contributed by atoms with Crippen LogP contribution in [-0.2, 0) is 4.74 Å². The third kappa shape index (κ3) is 5.38. The smallest absolute Gasteiger partial charge is 0.252 e. The van der Waals surface area contributed by atoms with Crippen LogP contribution in [0.2, 0.25) is 0 Å². The zero-order valence-electron chi connectivity index (χ0n) is 11.7. The Morgan fingerprint density at radius 3 is 2.47 bits per heavy atom. The maximum Gasteiger partial charge on any atom is 0.252 e. The molecule has 108 valence electrons. The number of hydrogen-bond donors (Lipinski definition) is 1. The number of nitrogens with one attached hydrogen (secondary N) is 1. The van der Waals surface area contributed by atoms with Crippen molar-refractivity contribution >= 4 is 5.82 Å². The molecule has 6 heteroatoms. The summed E-state index contributed by atoms with van der Waals surface area (Å²) < 4.78 is 37.3. The maximum absolute atomic E-state index is 13.4. The highest BCUT2D eigenvalue weighted by molar-refractivity contribution is 5.39. The van der Waals surface area contributed by atoms with Gasteiger partial charge in [0, 0.05) is 12.6 Å².